The second-order valence-electron chi connectivity index (χ2n) is 7.88. The lowest BCUT2D eigenvalue weighted by molar-refractivity contribution is -0.164. The smallest absolute Gasteiger partial charge is 0.419 e. The fourth-order valence-electron chi connectivity index (χ4n) is 2.96. The highest BCUT2D eigenvalue weighted by atomic mass is 32.1. The van der Waals surface area contributed by atoms with Crippen LogP contribution >= 0.6 is 11.3 Å². The van der Waals surface area contributed by atoms with E-state index in [0.29, 0.717) is 16.5 Å². The molecular formula is C22H20F3NO5S. The average molecular weight is 467 g/mol. The quantitative estimate of drug-likeness (QED) is 0.274. The third kappa shape index (κ3) is 4.55. The number of nitrogens with zero attached hydrogens (tertiary/aromatic N) is 1. The van der Waals surface area contributed by atoms with Gasteiger partial charge in [-0.2, -0.15) is 8.78 Å². The van der Waals surface area contributed by atoms with Crippen molar-refractivity contribution < 1.29 is 37.0 Å². The van der Waals surface area contributed by atoms with Crippen molar-refractivity contribution in [1.29, 1.82) is 0 Å². The maximum absolute atomic E-state index is 14.1. The molecule has 0 aliphatic heterocycles. The molecular weight excluding hydrogens is 447 g/mol. The third-order valence-corrected chi connectivity index (χ3v) is 5.24. The summed E-state index contributed by atoms with van der Waals surface area (Å²) in [5.41, 5.74) is 0.157. The number of esters is 1. The van der Waals surface area contributed by atoms with Gasteiger partial charge in [-0.25, -0.2) is 14.0 Å². The number of benzene rings is 1. The lowest BCUT2D eigenvalue weighted by Gasteiger charge is -2.19. The van der Waals surface area contributed by atoms with Crippen LogP contribution in [0.2, 0.25) is 0 Å². The van der Waals surface area contributed by atoms with E-state index in [9.17, 15) is 27.6 Å². The summed E-state index contributed by atoms with van der Waals surface area (Å²) in [6.45, 7) is 6.10. The van der Waals surface area contributed by atoms with Crippen LogP contribution in [0.25, 0.3) is 22.0 Å². The SMILES string of the molecule is CCOC(=O)C(F)(F)C(=O)c1cc(-c2cn(C(=O)OC(C)(C)C)c3cc(F)ccc23)cs1. The van der Waals surface area contributed by atoms with Gasteiger partial charge in [0.05, 0.1) is 17.0 Å². The molecule has 0 atom stereocenters. The molecule has 3 rings (SSSR count). The Balaban J connectivity index is 2.05. The number of hydrogen-bond donors (Lipinski definition) is 0. The second kappa shape index (κ2) is 8.42. The molecule has 6 nitrogen and oxygen atoms in total. The molecule has 0 radical (unpaired) electrons. The fourth-order valence-corrected chi connectivity index (χ4v) is 3.84. The summed E-state index contributed by atoms with van der Waals surface area (Å²) in [6.07, 6.45) is 0.637. The highest BCUT2D eigenvalue weighted by Crippen LogP contribution is 2.36. The molecule has 1 aromatic carbocycles. The van der Waals surface area contributed by atoms with Gasteiger partial charge in [-0.1, -0.05) is 0 Å². The van der Waals surface area contributed by atoms with Gasteiger partial charge in [0, 0.05) is 17.1 Å². The van der Waals surface area contributed by atoms with Crippen LogP contribution in [0.15, 0.2) is 35.8 Å². The standard InChI is InChI=1S/C22H20F3NO5S/c1-5-30-19(28)22(24,25)18(27)17-8-12(11-32-17)15-10-26(20(29)31-21(2,3)4)16-9-13(23)6-7-14(15)16/h6-11H,5H2,1-4H3. The molecule has 2 heterocycles. The Hall–Kier alpha value is -3.14. The molecule has 0 N–H and O–H groups in total. The van der Waals surface area contributed by atoms with E-state index in [1.807, 2.05) is 0 Å². The van der Waals surface area contributed by atoms with E-state index < -0.39 is 35.2 Å². The van der Waals surface area contributed by atoms with Crippen molar-refractivity contribution in [3.05, 3.63) is 46.5 Å². The van der Waals surface area contributed by atoms with Crippen molar-refractivity contribution in [3.63, 3.8) is 0 Å². The molecule has 0 bridgehead atoms. The highest BCUT2D eigenvalue weighted by molar-refractivity contribution is 7.12. The zero-order valence-electron chi connectivity index (χ0n) is 17.7. The summed E-state index contributed by atoms with van der Waals surface area (Å²) in [5.74, 6) is -8.51. The Kier molecular flexibility index (Phi) is 6.19. The Morgan fingerprint density at radius 2 is 1.81 bits per heavy atom. The molecule has 2 aromatic heterocycles. The first-order chi connectivity index (χ1) is 14.8. The highest BCUT2D eigenvalue weighted by Gasteiger charge is 2.49. The van der Waals surface area contributed by atoms with Crippen LogP contribution < -0.4 is 0 Å². The molecule has 0 amide bonds. The van der Waals surface area contributed by atoms with Gasteiger partial charge in [-0.3, -0.25) is 9.36 Å². The van der Waals surface area contributed by atoms with E-state index in [4.69, 9.17) is 4.74 Å². The van der Waals surface area contributed by atoms with Crippen molar-refractivity contribution in [3.8, 4) is 11.1 Å². The van der Waals surface area contributed by atoms with Gasteiger partial charge < -0.3 is 9.47 Å². The minimum absolute atomic E-state index is 0.213. The number of thiophene rings is 1. The zero-order valence-corrected chi connectivity index (χ0v) is 18.5. The van der Waals surface area contributed by atoms with Crippen molar-refractivity contribution in [2.45, 2.75) is 39.2 Å². The monoisotopic (exact) mass is 467 g/mol. The molecule has 0 aliphatic rings. The first-order valence-corrected chi connectivity index (χ1v) is 10.5. The van der Waals surface area contributed by atoms with Gasteiger partial charge in [-0.15, -0.1) is 11.3 Å². The summed E-state index contributed by atoms with van der Waals surface area (Å²) in [4.78, 5) is 36.0. The van der Waals surface area contributed by atoms with Crippen LogP contribution in [0.5, 0.6) is 0 Å². The van der Waals surface area contributed by atoms with Crippen LogP contribution in [0.4, 0.5) is 18.0 Å². The number of ether oxygens (including phenoxy) is 2. The number of hydrogen-bond acceptors (Lipinski definition) is 6. The number of fused-ring (bicyclic) bond motifs is 1. The van der Waals surface area contributed by atoms with E-state index in [0.717, 1.165) is 22.0 Å². The number of alkyl halides is 2. The first kappa shape index (κ1) is 23.5. The third-order valence-electron chi connectivity index (χ3n) is 4.31. The summed E-state index contributed by atoms with van der Waals surface area (Å²) >= 11 is 0.717. The predicted molar refractivity (Wildman–Crippen MR) is 113 cm³/mol. The number of rotatable bonds is 5. The molecule has 0 aliphatic carbocycles. The second-order valence-corrected chi connectivity index (χ2v) is 8.79. The van der Waals surface area contributed by atoms with Gasteiger partial charge in [0.25, 0.3) is 5.78 Å². The van der Waals surface area contributed by atoms with E-state index in [1.54, 1.807) is 20.8 Å². The fraction of sp³-hybridized carbons (Fsp3) is 0.318. The summed E-state index contributed by atoms with van der Waals surface area (Å²) in [5, 5.41) is 1.89. The first-order valence-electron chi connectivity index (χ1n) is 9.58. The number of Topliss-reactive ketones (excluding diaryl/α,β-unsaturated/α-hetero) is 1. The molecule has 0 fully saturated rings. The predicted octanol–water partition coefficient (Wildman–Crippen LogP) is 5.67. The molecule has 170 valence electrons. The van der Waals surface area contributed by atoms with Crippen LogP contribution in [0.3, 0.4) is 0 Å². The van der Waals surface area contributed by atoms with Crippen LogP contribution in [0.1, 0.15) is 37.4 Å². The van der Waals surface area contributed by atoms with E-state index in [1.165, 1.54) is 36.7 Å². The zero-order chi connectivity index (χ0) is 23.8. The molecule has 32 heavy (non-hydrogen) atoms. The van der Waals surface area contributed by atoms with Crippen molar-refractivity contribution in [2.75, 3.05) is 6.61 Å². The molecule has 3 aromatic rings. The molecule has 0 saturated heterocycles. The molecule has 0 spiro atoms. The number of aromatic nitrogens is 1. The van der Waals surface area contributed by atoms with Crippen LogP contribution in [0, 0.1) is 5.82 Å². The largest absolute Gasteiger partial charge is 0.461 e. The van der Waals surface area contributed by atoms with Crippen LogP contribution in [-0.4, -0.2) is 40.5 Å². The normalized spacial score (nSPS) is 12.1. The average Bonchev–Trinajstić information content (AvgIpc) is 3.30. The Morgan fingerprint density at radius 3 is 2.44 bits per heavy atom. The van der Waals surface area contributed by atoms with Gasteiger partial charge >= 0.3 is 18.0 Å². The lowest BCUT2D eigenvalue weighted by atomic mass is 10.1. The van der Waals surface area contributed by atoms with E-state index in [2.05, 4.69) is 4.74 Å². The number of ketones is 1. The minimum atomic E-state index is -4.33. The van der Waals surface area contributed by atoms with Crippen molar-refractivity contribution in [2.24, 2.45) is 0 Å². The molecule has 10 heteroatoms. The minimum Gasteiger partial charge on any atom is -0.461 e. The van der Waals surface area contributed by atoms with Gasteiger partial charge in [0.15, 0.2) is 0 Å². The maximum Gasteiger partial charge on any atom is 0.419 e. The van der Waals surface area contributed by atoms with Crippen molar-refractivity contribution >= 4 is 40.1 Å². The Morgan fingerprint density at radius 1 is 1.12 bits per heavy atom. The topological polar surface area (TPSA) is 74.6 Å². The van der Waals surface area contributed by atoms with E-state index in [-0.39, 0.29) is 17.0 Å². The van der Waals surface area contributed by atoms with Gasteiger partial charge in [0.2, 0.25) is 0 Å². The Bertz CT molecular complexity index is 1210. The Labute approximate surface area is 185 Å². The summed E-state index contributed by atoms with van der Waals surface area (Å²) in [7, 11) is 0. The van der Waals surface area contributed by atoms with Crippen molar-refractivity contribution in [1.82, 2.24) is 4.57 Å². The molecule has 0 saturated carbocycles. The maximum atomic E-state index is 14.1. The molecule has 0 unspecified atom stereocenters. The lowest BCUT2D eigenvalue weighted by Crippen LogP contribution is -2.39. The summed E-state index contributed by atoms with van der Waals surface area (Å²) in [6, 6.07) is 4.97. The van der Waals surface area contributed by atoms with Crippen LogP contribution in [-0.2, 0) is 14.3 Å². The number of carbonyl (C=O) groups excluding carboxylic acids is 3. The number of halogens is 3. The summed E-state index contributed by atoms with van der Waals surface area (Å²) < 4.78 is 52.9. The van der Waals surface area contributed by atoms with E-state index >= 15 is 0 Å². The van der Waals surface area contributed by atoms with Gasteiger partial charge in [0.1, 0.15) is 11.4 Å². The number of carbonyl (C=O) groups is 3. The van der Waals surface area contributed by atoms with Gasteiger partial charge in [-0.05, 0) is 62.9 Å².